The number of aryl methyl sites for hydroxylation is 1. The molecule has 2 aromatic heterocycles. The molecule has 1 aromatic carbocycles. The molecular formula is C17H19N5O. The summed E-state index contributed by atoms with van der Waals surface area (Å²) in [6.07, 6.45) is 5.41. The van der Waals surface area contributed by atoms with Gasteiger partial charge in [-0.15, -0.1) is 0 Å². The standard InChI is InChI=1S/C17H19N5O/c1-21-11-18-14-16(21)19-15(12-6-5-7-13(23)10-12)20-17(14)22-8-3-2-4-9-22/h5-7,10-11,23H,2-4,8-9H2,1H3. The average Bonchev–Trinajstić information content (AvgIpc) is 2.96. The van der Waals surface area contributed by atoms with E-state index in [-0.39, 0.29) is 5.75 Å². The van der Waals surface area contributed by atoms with Gasteiger partial charge in [0, 0.05) is 25.7 Å². The molecule has 0 radical (unpaired) electrons. The Hall–Kier alpha value is -2.63. The molecule has 118 valence electrons. The van der Waals surface area contributed by atoms with Crippen LogP contribution in [0.1, 0.15) is 19.3 Å². The Morgan fingerprint density at radius 1 is 1.09 bits per heavy atom. The summed E-state index contributed by atoms with van der Waals surface area (Å²) in [5.74, 6) is 1.74. The van der Waals surface area contributed by atoms with E-state index < -0.39 is 0 Å². The van der Waals surface area contributed by atoms with Crippen molar-refractivity contribution >= 4 is 17.0 Å². The number of benzene rings is 1. The summed E-state index contributed by atoms with van der Waals surface area (Å²) >= 11 is 0. The van der Waals surface area contributed by atoms with Gasteiger partial charge in [0.2, 0.25) is 0 Å². The predicted molar refractivity (Wildman–Crippen MR) is 89.5 cm³/mol. The van der Waals surface area contributed by atoms with Crippen LogP contribution in [0.15, 0.2) is 30.6 Å². The number of anilines is 1. The number of fused-ring (bicyclic) bond motifs is 1. The molecule has 0 unspecified atom stereocenters. The molecule has 6 nitrogen and oxygen atoms in total. The second kappa shape index (κ2) is 5.53. The zero-order chi connectivity index (χ0) is 15.8. The number of piperidine rings is 1. The maximum Gasteiger partial charge on any atom is 0.165 e. The number of hydrogen-bond acceptors (Lipinski definition) is 5. The van der Waals surface area contributed by atoms with Gasteiger partial charge in [-0.3, -0.25) is 0 Å². The van der Waals surface area contributed by atoms with Gasteiger partial charge >= 0.3 is 0 Å². The fourth-order valence-electron chi connectivity index (χ4n) is 3.09. The van der Waals surface area contributed by atoms with Gasteiger partial charge in [0.25, 0.3) is 0 Å². The summed E-state index contributed by atoms with van der Waals surface area (Å²) in [6, 6.07) is 7.06. The normalized spacial score (nSPS) is 15.3. The van der Waals surface area contributed by atoms with Crippen LogP contribution in [0.2, 0.25) is 0 Å². The fourth-order valence-corrected chi connectivity index (χ4v) is 3.09. The van der Waals surface area contributed by atoms with Crippen LogP contribution in [0.5, 0.6) is 5.75 Å². The van der Waals surface area contributed by atoms with Gasteiger partial charge in [-0.05, 0) is 31.4 Å². The lowest BCUT2D eigenvalue weighted by atomic mass is 10.1. The van der Waals surface area contributed by atoms with Crippen molar-refractivity contribution in [1.82, 2.24) is 19.5 Å². The van der Waals surface area contributed by atoms with E-state index in [4.69, 9.17) is 4.98 Å². The minimum absolute atomic E-state index is 0.218. The highest BCUT2D eigenvalue weighted by atomic mass is 16.3. The van der Waals surface area contributed by atoms with Gasteiger partial charge in [0.05, 0.1) is 6.33 Å². The molecular weight excluding hydrogens is 290 g/mol. The van der Waals surface area contributed by atoms with Gasteiger partial charge in [-0.2, -0.15) is 0 Å². The van der Waals surface area contributed by atoms with E-state index in [1.807, 2.05) is 23.7 Å². The van der Waals surface area contributed by atoms with E-state index in [1.165, 1.54) is 19.3 Å². The third-order valence-electron chi connectivity index (χ3n) is 4.30. The molecule has 0 bridgehead atoms. The molecule has 0 saturated carbocycles. The van der Waals surface area contributed by atoms with Gasteiger partial charge in [0.15, 0.2) is 22.8 Å². The zero-order valence-corrected chi connectivity index (χ0v) is 13.1. The smallest absolute Gasteiger partial charge is 0.165 e. The number of phenolic OH excluding ortho intramolecular Hbond substituents is 1. The number of nitrogens with zero attached hydrogens (tertiary/aromatic N) is 5. The number of hydrogen-bond donors (Lipinski definition) is 1. The molecule has 4 rings (SSSR count). The van der Waals surface area contributed by atoms with Gasteiger partial charge in [-0.25, -0.2) is 15.0 Å². The van der Waals surface area contributed by atoms with Crippen molar-refractivity contribution in [2.75, 3.05) is 18.0 Å². The van der Waals surface area contributed by atoms with Crippen LogP contribution in [-0.4, -0.2) is 37.7 Å². The third kappa shape index (κ3) is 2.50. The first-order chi connectivity index (χ1) is 11.2. The fraction of sp³-hybridized carbons (Fsp3) is 0.353. The molecule has 6 heteroatoms. The van der Waals surface area contributed by atoms with Crippen LogP contribution in [0.25, 0.3) is 22.6 Å². The minimum Gasteiger partial charge on any atom is -0.508 e. The average molecular weight is 309 g/mol. The van der Waals surface area contributed by atoms with Crippen molar-refractivity contribution in [3.8, 4) is 17.1 Å². The lowest BCUT2D eigenvalue weighted by Crippen LogP contribution is -2.30. The molecule has 3 aromatic rings. The molecule has 0 atom stereocenters. The Labute approximate surface area is 134 Å². The molecule has 0 aliphatic carbocycles. The molecule has 1 aliphatic rings. The van der Waals surface area contributed by atoms with E-state index in [1.54, 1.807) is 18.5 Å². The van der Waals surface area contributed by atoms with Gasteiger partial charge in [-0.1, -0.05) is 12.1 Å². The lowest BCUT2D eigenvalue weighted by molar-refractivity contribution is 0.475. The van der Waals surface area contributed by atoms with Crippen LogP contribution in [0, 0.1) is 0 Å². The number of rotatable bonds is 2. The summed E-state index contributed by atoms with van der Waals surface area (Å²) in [6.45, 7) is 2.00. The second-order valence-electron chi connectivity index (χ2n) is 6.00. The van der Waals surface area contributed by atoms with E-state index in [9.17, 15) is 5.11 Å². The quantitative estimate of drug-likeness (QED) is 0.788. The van der Waals surface area contributed by atoms with E-state index in [2.05, 4.69) is 14.9 Å². The Bertz CT molecular complexity index is 851. The highest BCUT2D eigenvalue weighted by molar-refractivity contribution is 5.85. The molecule has 0 amide bonds. The summed E-state index contributed by atoms with van der Waals surface area (Å²) < 4.78 is 1.91. The summed E-state index contributed by atoms with van der Waals surface area (Å²) in [5, 5.41) is 9.74. The first kappa shape index (κ1) is 14.0. The van der Waals surface area contributed by atoms with Gasteiger partial charge < -0.3 is 14.6 Å². The number of aromatic nitrogens is 4. The van der Waals surface area contributed by atoms with Crippen molar-refractivity contribution in [2.45, 2.75) is 19.3 Å². The monoisotopic (exact) mass is 309 g/mol. The number of aromatic hydroxyl groups is 1. The number of imidazole rings is 1. The van der Waals surface area contributed by atoms with Crippen molar-refractivity contribution in [3.63, 3.8) is 0 Å². The highest BCUT2D eigenvalue weighted by Gasteiger charge is 2.20. The van der Waals surface area contributed by atoms with E-state index in [0.29, 0.717) is 5.82 Å². The maximum atomic E-state index is 9.74. The lowest BCUT2D eigenvalue weighted by Gasteiger charge is -2.28. The molecule has 23 heavy (non-hydrogen) atoms. The van der Waals surface area contributed by atoms with Crippen molar-refractivity contribution < 1.29 is 5.11 Å². The summed E-state index contributed by atoms with van der Waals surface area (Å²) in [4.78, 5) is 16.2. The first-order valence-corrected chi connectivity index (χ1v) is 7.96. The van der Waals surface area contributed by atoms with Crippen LogP contribution >= 0.6 is 0 Å². The van der Waals surface area contributed by atoms with Gasteiger partial charge in [0.1, 0.15) is 5.75 Å². The topological polar surface area (TPSA) is 67.1 Å². The van der Waals surface area contributed by atoms with Crippen molar-refractivity contribution in [1.29, 1.82) is 0 Å². The Balaban J connectivity index is 1.90. The SMILES string of the molecule is Cn1cnc2c(N3CCCCC3)nc(-c3cccc(O)c3)nc21. The zero-order valence-electron chi connectivity index (χ0n) is 13.1. The second-order valence-corrected chi connectivity index (χ2v) is 6.00. The summed E-state index contributed by atoms with van der Waals surface area (Å²) in [5.41, 5.74) is 2.48. The predicted octanol–water partition coefficient (Wildman–Crippen LogP) is 2.73. The third-order valence-corrected chi connectivity index (χ3v) is 4.30. The summed E-state index contributed by atoms with van der Waals surface area (Å²) in [7, 11) is 1.94. The van der Waals surface area contributed by atoms with E-state index in [0.717, 1.165) is 35.6 Å². The molecule has 1 N–H and O–H groups in total. The number of phenols is 1. The Morgan fingerprint density at radius 3 is 2.70 bits per heavy atom. The maximum absolute atomic E-state index is 9.74. The molecule has 1 saturated heterocycles. The minimum atomic E-state index is 0.218. The van der Waals surface area contributed by atoms with Crippen LogP contribution < -0.4 is 4.90 Å². The van der Waals surface area contributed by atoms with Crippen LogP contribution in [0.3, 0.4) is 0 Å². The van der Waals surface area contributed by atoms with Crippen LogP contribution in [0.4, 0.5) is 5.82 Å². The molecule has 1 aliphatic heterocycles. The van der Waals surface area contributed by atoms with Crippen molar-refractivity contribution in [2.24, 2.45) is 7.05 Å². The Kier molecular flexibility index (Phi) is 3.37. The molecule has 3 heterocycles. The molecule has 0 spiro atoms. The molecule has 1 fully saturated rings. The van der Waals surface area contributed by atoms with Crippen molar-refractivity contribution in [3.05, 3.63) is 30.6 Å². The van der Waals surface area contributed by atoms with E-state index >= 15 is 0 Å². The van der Waals surface area contributed by atoms with Crippen LogP contribution in [-0.2, 0) is 7.05 Å². The Morgan fingerprint density at radius 2 is 1.91 bits per heavy atom. The highest BCUT2D eigenvalue weighted by Crippen LogP contribution is 2.29. The first-order valence-electron chi connectivity index (χ1n) is 7.96. The largest absolute Gasteiger partial charge is 0.508 e.